The average Bonchev–Trinajstić information content (AvgIpc) is 3.19. The van der Waals surface area contributed by atoms with Crippen molar-refractivity contribution in [1.29, 1.82) is 0 Å². The second kappa shape index (κ2) is 7.58. The number of benzene rings is 1. The van der Waals surface area contributed by atoms with Crippen molar-refractivity contribution in [3.8, 4) is 5.69 Å². The van der Waals surface area contributed by atoms with Gasteiger partial charge in [-0.25, -0.2) is 4.68 Å². The van der Waals surface area contributed by atoms with Gasteiger partial charge in [0.15, 0.2) is 0 Å². The highest BCUT2D eigenvalue weighted by atomic mass is 35.5. The number of thioether (sulfide) groups is 1. The molecule has 23 heavy (non-hydrogen) atoms. The van der Waals surface area contributed by atoms with Gasteiger partial charge >= 0.3 is 0 Å². The van der Waals surface area contributed by atoms with E-state index in [1.54, 1.807) is 11.8 Å². The Morgan fingerprint density at radius 1 is 1.35 bits per heavy atom. The maximum absolute atomic E-state index is 12.0. The van der Waals surface area contributed by atoms with Crippen molar-refractivity contribution in [2.24, 2.45) is 0 Å². The molecule has 0 radical (unpaired) electrons. The lowest BCUT2D eigenvalue weighted by atomic mass is 10.3. The minimum Gasteiger partial charge on any atom is -0.325 e. The van der Waals surface area contributed by atoms with Crippen LogP contribution in [0.15, 0.2) is 42.7 Å². The fourth-order valence-electron chi connectivity index (χ4n) is 1.88. The number of carbonyl (C=O) groups is 1. The van der Waals surface area contributed by atoms with Gasteiger partial charge in [-0.05, 0) is 40.8 Å². The smallest absolute Gasteiger partial charge is 0.234 e. The quantitative estimate of drug-likeness (QED) is 0.725. The fraction of sp³-hybridized carbons (Fsp3) is 0.143. The zero-order valence-corrected chi connectivity index (χ0v) is 14.2. The molecule has 0 saturated heterocycles. The monoisotopic (exact) mass is 365 g/mol. The molecule has 1 N–H and O–H groups in total. The summed E-state index contributed by atoms with van der Waals surface area (Å²) >= 11 is 8.97. The molecule has 9 heteroatoms. The molecule has 0 fully saturated rings. The molecule has 0 aliphatic heterocycles. The van der Waals surface area contributed by atoms with Crippen molar-refractivity contribution >= 4 is 46.3 Å². The van der Waals surface area contributed by atoms with Crippen LogP contribution in [-0.4, -0.2) is 31.9 Å². The van der Waals surface area contributed by atoms with Gasteiger partial charge in [-0.1, -0.05) is 17.7 Å². The molecule has 0 atom stereocenters. The van der Waals surface area contributed by atoms with E-state index in [0.717, 1.165) is 20.7 Å². The lowest BCUT2D eigenvalue weighted by Crippen LogP contribution is -2.14. The zero-order chi connectivity index (χ0) is 16.1. The Morgan fingerprint density at radius 3 is 3.00 bits per heavy atom. The number of amides is 1. The van der Waals surface area contributed by atoms with Gasteiger partial charge < -0.3 is 5.32 Å². The number of hydrogen-bond acceptors (Lipinski definition) is 6. The second-order valence-electron chi connectivity index (χ2n) is 4.55. The second-order valence-corrected chi connectivity index (χ2v) is 7.34. The number of aromatic nitrogens is 4. The number of rotatable bonds is 6. The molecule has 6 nitrogen and oxygen atoms in total. The topological polar surface area (TPSA) is 72.7 Å². The van der Waals surface area contributed by atoms with Crippen LogP contribution in [0, 0.1) is 0 Å². The van der Waals surface area contributed by atoms with Crippen LogP contribution in [0.1, 0.15) is 4.88 Å². The number of nitrogens with zero attached hydrogens (tertiary/aromatic N) is 4. The first-order chi connectivity index (χ1) is 11.2. The van der Waals surface area contributed by atoms with Gasteiger partial charge in [0.2, 0.25) is 5.91 Å². The van der Waals surface area contributed by atoms with Crippen LogP contribution in [0.25, 0.3) is 5.69 Å². The lowest BCUT2D eigenvalue weighted by Gasteiger charge is -2.06. The van der Waals surface area contributed by atoms with Gasteiger partial charge in [-0.3, -0.25) is 4.79 Å². The SMILES string of the molecule is O=C(CSCc1ccc(Cl)s1)Nc1cccc(-n2cnnn2)c1. The third-order valence-corrected chi connectivity index (χ3v) is 5.25. The first-order valence-electron chi connectivity index (χ1n) is 6.66. The van der Waals surface area contributed by atoms with E-state index in [1.807, 2.05) is 36.4 Å². The molecule has 0 unspecified atom stereocenters. The van der Waals surface area contributed by atoms with Gasteiger partial charge in [-0.15, -0.1) is 28.2 Å². The maximum atomic E-state index is 12.0. The van der Waals surface area contributed by atoms with E-state index < -0.39 is 0 Å². The van der Waals surface area contributed by atoms with E-state index in [9.17, 15) is 4.79 Å². The number of hydrogen-bond donors (Lipinski definition) is 1. The minimum absolute atomic E-state index is 0.0495. The van der Waals surface area contributed by atoms with E-state index in [4.69, 9.17) is 11.6 Å². The van der Waals surface area contributed by atoms with Crippen molar-refractivity contribution in [3.63, 3.8) is 0 Å². The number of carbonyl (C=O) groups excluding carboxylic acids is 1. The van der Waals surface area contributed by atoms with E-state index in [2.05, 4.69) is 20.8 Å². The van der Waals surface area contributed by atoms with Crippen molar-refractivity contribution in [3.05, 3.63) is 51.9 Å². The van der Waals surface area contributed by atoms with Crippen LogP contribution in [0.5, 0.6) is 0 Å². The Hall–Kier alpha value is -1.90. The molecule has 3 aromatic rings. The van der Waals surface area contributed by atoms with Crippen molar-refractivity contribution < 1.29 is 4.79 Å². The summed E-state index contributed by atoms with van der Waals surface area (Å²) in [5.41, 5.74) is 1.50. The van der Waals surface area contributed by atoms with Crippen LogP contribution in [0.2, 0.25) is 4.34 Å². The molecule has 3 rings (SSSR count). The molecular weight excluding hydrogens is 354 g/mol. The normalized spacial score (nSPS) is 10.7. The van der Waals surface area contributed by atoms with Gasteiger partial charge in [0.05, 0.1) is 15.8 Å². The largest absolute Gasteiger partial charge is 0.325 e. The van der Waals surface area contributed by atoms with Crippen LogP contribution in [0.4, 0.5) is 5.69 Å². The first kappa shape index (κ1) is 16.0. The number of thiophene rings is 1. The molecular formula is C14H12ClN5OS2. The summed E-state index contributed by atoms with van der Waals surface area (Å²) in [5, 5.41) is 13.9. The summed E-state index contributed by atoms with van der Waals surface area (Å²) < 4.78 is 2.30. The van der Waals surface area contributed by atoms with Crippen molar-refractivity contribution in [1.82, 2.24) is 20.2 Å². The summed E-state index contributed by atoms with van der Waals surface area (Å²) in [5.74, 6) is 1.10. The van der Waals surface area contributed by atoms with Crippen molar-refractivity contribution in [2.75, 3.05) is 11.1 Å². The average molecular weight is 366 g/mol. The molecule has 0 bridgehead atoms. The van der Waals surface area contributed by atoms with E-state index in [0.29, 0.717) is 11.4 Å². The number of anilines is 1. The van der Waals surface area contributed by atoms with E-state index >= 15 is 0 Å². The van der Waals surface area contributed by atoms with Gasteiger partial charge in [0, 0.05) is 16.3 Å². The Labute approximate surface area is 145 Å². The zero-order valence-electron chi connectivity index (χ0n) is 11.8. The van der Waals surface area contributed by atoms with Gasteiger partial charge in [0.1, 0.15) is 6.33 Å². The molecule has 0 aliphatic carbocycles. The van der Waals surface area contributed by atoms with E-state index in [1.165, 1.54) is 22.3 Å². The molecule has 1 amide bonds. The van der Waals surface area contributed by atoms with Gasteiger partial charge in [0.25, 0.3) is 0 Å². The van der Waals surface area contributed by atoms with Crippen LogP contribution in [-0.2, 0) is 10.5 Å². The molecule has 118 valence electrons. The van der Waals surface area contributed by atoms with Crippen LogP contribution in [0.3, 0.4) is 0 Å². The van der Waals surface area contributed by atoms with Crippen LogP contribution >= 0.6 is 34.7 Å². The third-order valence-electron chi connectivity index (χ3n) is 2.85. The summed E-state index contributed by atoms with van der Waals surface area (Å²) in [6.07, 6.45) is 1.50. The summed E-state index contributed by atoms with van der Waals surface area (Å²) in [6, 6.07) is 11.2. The molecule has 0 spiro atoms. The number of halogens is 1. The predicted octanol–water partition coefficient (Wildman–Crippen LogP) is 3.25. The summed E-state index contributed by atoms with van der Waals surface area (Å²) in [4.78, 5) is 13.2. The lowest BCUT2D eigenvalue weighted by molar-refractivity contribution is -0.113. The molecule has 0 aliphatic rings. The van der Waals surface area contributed by atoms with E-state index in [-0.39, 0.29) is 5.91 Å². The highest BCUT2D eigenvalue weighted by molar-refractivity contribution is 7.99. The number of nitrogens with one attached hydrogen (secondary N) is 1. The fourth-order valence-corrected chi connectivity index (χ4v) is 3.90. The first-order valence-corrected chi connectivity index (χ1v) is 9.01. The van der Waals surface area contributed by atoms with Crippen molar-refractivity contribution in [2.45, 2.75) is 5.75 Å². The summed E-state index contributed by atoms with van der Waals surface area (Å²) in [7, 11) is 0. The van der Waals surface area contributed by atoms with Gasteiger partial charge in [-0.2, -0.15) is 0 Å². The Kier molecular flexibility index (Phi) is 5.27. The standard InChI is InChI=1S/C14H12ClN5OS2/c15-13-5-4-12(23-13)7-22-8-14(21)17-10-2-1-3-11(6-10)20-9-16-18-19-20/h1-6,9H,7-8H2,(H,17,21). The predicted molar refractivity (Wildman–Crippen MR) is 93.3 cm³/mol. The molecule has 2 heterocycles. The molecule has 0 saturated carbocycles. The summed E-state index contributed by atoms with van der Waals surface area (Å²) in [6.45, 7) is 0. The highest BCUT2D eigenvalue weighted by Gasteiger charge is 2.06. The Morgan fingerprint density at radius 2 is 2.26 bits per heavy atom. The maximum Gasteiger partial charge on any atom is 0.234 e. The highest BCUT2D eigenvalue weighted by Crippen LogP contribution is 2.25. The Bertz CT molecular complexity index is 790. The van der Waals surface area contributed by atoms with Crippen LogP contribution < -0.4 is 5.32 Å². The minimum atomic E-state index is -0.0495. The molecule has 1 aromatic carbocycles. The third kappa shape index (κ3) is 4.54. The molecule has 2 aromatic heterocycles. The number of tetrazole rings is 1. The Balaban J connectivity index is 1.52.